The number of likely N-dealkylation sites (N-methyl/N-ethyl adjacent to an activating group) is 2. The highest BCUT2D eigenvalue weighted by Gasteiger charge is 2.20. The van der Waals surface area contributed by atoms with E-state index in [1.807, 2.05) is 7.05 Å². The molecule has 1 aromatic carbocycles. The first-order chi connectivity index (χ1) is 8.95. The van der Waals surface area contributed by atoms with Crippen LogP contribution < -0.4 is 5.32 Å². The van der Waals surface area contributed by atoms with Crippen LogP contribution in [0.3, 0.4) is 0 Å². The fourth-order valence-electron chi connectivity index (χ4n) is 1.62. The first-order valence-corrected chi connectivity index (χ1v) is 6.93. The average molecular weight is 264 g/mol. The summed E-state index contributed by atoms with van der Waals surface area (Å²) in [6.45, 7) is 6.82. The molecule has 108 valence electrons. The number of rotatable bonds is 8. The normalized spacial score (nSPS) is 12.1. The van der Waals surface area contributed by atoms with Gasteiger partial charge in [-0.25, -0.2) is 0 Å². The molecule has 0 unspecified atom stereocenters. The van der Waals surface area contributed by atoms with E-state index in [1.54, 1.807) is 0 Å². The molecular formula is C16H28N2O. The van der Waals surface area contributed by atoms with Gasteiger partial charge in [-0.3, -0.25) is 0 Å². The van der Waals surface area contributed by atoms with Gasteiger partial charge in [0.1, 0.15) is 0 Å². The summed E-state index contributed by atoms with van der Waals surface area (Å²) in [5.74, 6) is 0. The first kappa shape index (κ1) is 16.2. The van der Waals surface area contributed by atoms with Gasteiger partial charge in [0.15, 0.2) is 0 Å². The summed E-state index contributed by atoms with van der Waals surface area (Å²) < 4.78 is 5.81. The number of hydrogen-bond donors (Lipinski definition) is 1. The smallest absolute Gasteiger partial charge is 0.0717 e. The third-order valence-corrected chi connectivity index (χ3v) is 3.62. The second kappa shape index (κ2) is 7.63. The summed E-state index contributed by atoms with van der Waals surface area (Å²) in [6, 6.07) is 8.70. The van der Waals surface area contributed by atoms with Crippen LogP contribution in [-0.4, -0.2) is 44.7 Å². The molecule has 0 fully saturated rings. The molecule has 0 saturated heterocycles. The molecule has 19 heavy (non-hydrogen) atoms. The van der Waals surface area contributed by atoms with Crippen molar-refractivity contribution < 1.29 is 4.74 Å². The molecule has 0 radical (unpaired) electrons. The molecule has 0 aliphatic rings. The third kappa shape index (κ3) is 5.72. The van der Waals surface area contributed by atoms with E-state index in [4.69, 9.17) is 4.74 Å². The standard InChI is InChI=1S/C16H28N2O/c1-16(2,18(4)5)13-19-12-15-8-6-14(7-9-15)10-11-17-3/h6-9,17H,10-13H2,1-5H3. The van der Waals surface area contributed by atoms with Crippen LogP contribution in [0.5, 0.6) is 0 Å². The van der Waals surface area contributed by atoms with Gasteiger partial charge in [-0.1, -0.05) is 24.3 Å². The van der Waals surface area contributed by atoms with E-state index in [0.717, 1.165) is 19.6 Å². The highest BCUT2D eigenvalue weighted by atomic mass is 16.5. The maximum absolute atomic E-state index is 5.81. The van der Waals surface area contributed by atoms with Crippen LogP contribution in [0.1, 0.15) is 25.0 Å². The molecule has 1 N–H and O–H groups in total. The van der Waals surface area contributed by atoms with E-state index in [1.165, 1.54) is 11.1 Å². The largest absolute Gasteiger partial charge is 0.375 e. The van der Waals surface area contributed by atoms with E-state index in [9.17, 15) is 0 Å². The second-order valence-corrected chi connectivity index (χ2v) is 5.87. The van der Waals surface area contributed by atoms with E-state index in [-0.39, 0.29) is 5.54 Å². The van der Waals surface area contributed by atoms with Crippen molar-refractivity contribution in [3.8, 4) is 0 Å². The van der Waals surface area contributed by atoms with Gasteiger partial charge in [-0.2, -0.15) is 0 Å². The molecule has 0 heterocycles. The topological polar surface area (TPSA) is 24.5 Å². The van der Waals surface area contributed by atoms with E-state index in [0.29, 0.717) is 6.61 Å². The molecule has 1 aromatic rings. The molecule has 0 aliphatic carbocycles. The van der Waals surface area contributed by atoms with Gasteiger partial charge >= 0.3 is 0 Å². The predicted octanol–water partition coefficient (Wildman–Crippen LogP) is 2.31. The van der Waals surface area contributed by atoms with Crippen molar-refractivity contribution in [2.24, 2.45) is 0 Å². The van der Waals surface area contributed by atoms with Gasteiger partial charge in [0.2, 0.25) is 0 Å². The number of benzene rings is 1. The zero-order valence-corrected chi connectivity index (χ0v) is 13.0. The molecule has 0 aliphatic heterocycles. The van der Waals surface area contributed by atoms with Crippen molar-refractivity contribution in [1.29, 1.82) is 0 Å². The Kier molecular flexibility index (Phi) is 6.49. The Labute approximate surface area is 118 Å². The average Bonchev–Trinajstić information content (AvgIpc) is 2.37. The summed E-state index contributed by atoms with van der Waals surface area (Å²) in [6.07, 6.45) is 1.07. The molecule has 0 aromatic heterocycles. The van der Waals surface area contributed by atoms with Crippen molar-refractivity contribution in [2.45, 2.75) is 32.4 Å². The number of nitrogens with zero attached hydrogens (tertiary/aromatic N) is 1. The lowest BCUT2D eigenvalue weighted by Gasteiger charge is -2.32. The highest BCUT2D eigenvalue weighted by Crippen LogP contribution is 2.12. The molecule has 0 bridgehead atoms. The molecule has 0 spiro atoms. The van der Waals surface area contributed by atoms with Gasteiger partial charge in [0, 0.05) is 5.54 Å². The van der Waals surface area contributed by atoms with Crippen LogP contribution >= 0.6 is 0 Å². The van der Waals surface area contributed by atoms with E-state index in [2.05, 4.69) is 62.4 Å². The Morgan fingerprint density at radius 3 is 2.21 bits per heavy atom. The predicted molar refractivity (Wildman–Crippen MR) is 81.5 cm³/mol. The van der Waals surface area contributed by atoms with Crippen LogP contribution in [0.2, 0.25) is 0 Å². The van der Waals surface area contributed by atoms with Crippen molar-refractivity contribution >= 4 is 0 Å². The van der Waals surface area contributed by atoms with Crippen molar-refractivity contribution in [1.82, 2.24) is 10.2 Å². The Hall–Kier alpha value is -0.900. The Balaban J connectivity index is 2.38. The van der Waals surface area contributed by atoms with Gasteiger partial charge in [0.05, 0.1) is 13.2 Å². The van der Waals surface area contributed by atoms with Crippen LogP contribution in [-0.2, 0) is 17.8 Å². The zero-order chi connectivity index (χ0) is 14.3. The van der Waals surface area contributed by atoms with E-state index >= 15 is 0 Å². The summed E-state index contributed by atoms with van der Waals surface area (Å²) in [5, 5.41) is 3.16. The molecule has 3 nitrogen and oxygen atoms in total. The van der Waals surface area contributed by atoms with Crippen molar-refractivity contribution in [3.05, 3.63) is 35.4 Å². The minimum atomic E-state index is 0.0761. The zero-order valence-electron chi connectivity index (χ0n) is 13.0. The van der Waals surface area contributed by atoms with Crippen LogP contribution in [0.15, 0.2) is 24.3 Å². The lowest BCUT2D eigenvalue weighted by atomic mass is 10.1. The summed E-state index contributed by atoms with van der Waals surface area (Å²) in [5.41, 5.74) is 2.68. The fraction of sp³-hybridized carbons (Fsp3) is 0.625. The first-order valence-electron chi connectivity index (χ1n) is 6.93. The quantitative estimate of drug-likeness (QED) is 0.780. The minimum Gasteiger partial charge on any atom is -0.375 e. The monoisotopic (exact) mass is 264 g/mol. The maximum Gasteiger partial charge on any atom is 0.0717 e. The Bertz CT molecular complexity index is 358. The number of ether oxygens (including phenoxy) is 1. The van der Waals surface area contributed by atoms with Gasteiger partial charge in [-0.05, 0) is 59.1 Å². The molecule has 0 amide bonds. The van der Waals surface area contributed by atoms with Gasteiger partial charge in [0.25, 0.3) is 0 Å². The molecular weight excluding hydrogens is 236 g/mol. The number of hydrogen-bond acceptors (Lipinski definition) is 3. The molecule has 1 rings (SSSR count). The summed E-state index contributed by atoms with van der Waals surface area (Å²) >= 11 is 0. The second-order valence-electron chi connectivity index (χ2n) is 5.87. The van der Waals surface area contributed by atoms with Crippen LogP contribution in [0.4, 0.5) is 0 Å². The number of nitrogens with one attached hydrogen (secondary N) is 1. The fourth-order valence-corrected chi connectivity index (χ4v) is 1.62. The Morgan fingerprint density at radius 1 is 1.11 bits per heavy atom. The SMILES string of the molecule is CNCCc1ccc(COCC(C)(C)N(C)C)cc1. The Morgan fingerprint density at radius 2 is 1.68 bits per heavy atom. The molecule has 0 saturated carbocycles. The minimum absolute atomic E-state index is 0.0761. The van der Waals surface area contributed by atoms with Crippen LogP contribution in [0.25, 0.3) is 0 Å². The van der Waals surface area contributed by atoms with Gasteiger partial charge in [-0.15, -0.1) is 0 Å². The maximum atomic E-state index is 5.81. The highest BCUT2D eigenvalue weighted by molar-refractivity contribution is 5.22. The van der Waals surface area contributed by atoms with Gasteiger partial charge < -0.3 is 15.0 Å². The van der Waals surface area contributed by atoms with Crippen LogP contribution in [0, 0.1) is 0 Å². The summed E-state index contributed by atoms with van der Waals surface area (Å²) in [4.78, 5) is 2.19. The van der Waals surface area contributed by atoms with E-state index < -0.39 is 0 Å². The molecule has 0 atom stereocenters. The third-order valence-electron chi connectivity index (χ3n) is 3.62. The molecule has 3 heteroatoms. The lowest BCUT2D eigenvalue weighted by Crippen LogP contribution is -2.42. The van der Waals surface area contributed by atoms with Crippen molar-refractivity contribution in [2.75, 3.05) is 34.3 Å². The van der Waals surface area contributed by atoms with Crippen molar-refractivity contribution in [3.63, 3.8) is 0 Å². The summed E-state index contributed by atoms with van der Waals surface area (Å²) in [7, 11) is 6.15. The lowest BCUT2D eigenvalue weighted by molar-refractivity contribution is 0.0275.